The maximum Gasteiger partial charge on any atom is 0.211 e. The van der Waals surface area contributed by atoms with Crippen LogP contribution in [0, 0.1) is 11.3 Å². The molecule has 0 radical (unpaired) electrons. The third-order valence-corrected chi connectivity index (χ3v) is 5.60. The average molecular weight is 392 g/mol. The summed E-state index contributed by atoms with van der Waals surface area (Å²) in [6.07, 6.45) is 4.27. The Morgan fingerprint density at radius 1 is 1.44 bits per heavy atom. The minimum absolute atomic E-state index is 0.0348. The fourth-order valence-corrected chi connectivity index (χ4v) is 3.89. The number of hydrogen-bond acceptors (Lipinski definition) is 9. The summed E-state index contributed by atoms with van der Waals surface area (Å²) in [4.78, 5) is 8.26. The molecule has 11 nitrogen and oxygen atoms in total. The second-order valence-electron chi connectivity index (χ2n) is 6.40. The number of nitrogens with one attached hydrogen (secondary N) is 1. The molecule has 4 N–H and O–H groups in total. The van der Waals surface area contributed by atoms with Crippen LogP contribution in [0.3, 0.4) is 0 Å². The molecule has 0 amide bonds. The van der Waals surface area contributed by atoms with Gasteiger partial charge in [0.15, 0.2) is 5.82 Å². The Bertz CT molecular complexity index is 975. The van der Waals surface area contributed by atoms with Crippen molar-refractivity contribution in [1.82, 2.24) is 24.1 Å². The number of anilines is 2. The van der Waals surface area contributed by atoms with Crippen molar-refractivity contribution in [3.63, 3.8) is 0 Å². The Kier molecular flexibility index (Phi) is 5.01. The van der Waals surface area contributed by atoms with Gasteiger partial charge in [0.05, 0.1) is 36.6 Å². The minimum Gasteiger partial charge on any atom is -0.395 e. The lowest BCUT2D eigenvalue weighted by molar-refractivity contribution is 0.0727. The van der Waals surface area contributed by atoms with Crippen LogP contribution < -0.4 is 11.1 Å². The zero-order valence-electron chi connectivity index (χ0n) is 14.7. The molecule has 0 unspecified atom stereocenters. The lowest BCUT2D eigenvalue weighted by Crippen LogP contribution is -2.63. The van der Waals surface area contributed by atoms with Gasteiger partial charge in [-0.15, -0.1) is 0 Å². The van der Waals surface area contributed by atoms with Crippen molar-refractivity contribution < 1.29 is 13.5 Å². The van der Waals surface area contributed by atoms with Gasteiger partial charge in [-0.1, -0.05) is 0 Å². The van der Waals surface area contributed by atoms with Crippen LogP contribution in [0.5, 0.6) is 0 Å². The lowest BCUT2D eigenvalue weighted by Gasteiger charge is -2.47. The summed E-state index contributed by atoms with van der Waals surface area (Å²) < 4.78 is 26.3. The molecule has 1 aliphatic rings. The van der Waals surface area contributed by atoms with E-state index in [0.29, 0.717) is 23.6 Å². The molecule has 12 heteroatoms. The predicted molar refractivity (Wildman–Crippen MR) is 97.9 cm³/mol. The number of rotatable bonds is 7. The Balaban J connectivity index is 1.91. The van der Waals surface area contributed by atoms with Crippen LogP contribution >= 0.6 is 0 Å². The Morgan fingerprint density at radius 3 is 2.81 bits per heavy atom. The largest absolute Gasteiger partial charge is 0.395 e. The minimum atomic E-state index is -3.33. The summed E-state index contributed by atoms with van der Waals surface area (Å²) in [6.45, 7) is 0.630. The first-order valence-corrected chi connectivity index (χ1v) is 9.99. The van der Waals surface area contributed by atoms with E-state index in [1.54, 1.807) is 16.9 Å². The van der Waals surface area contributed by atoms with E-state index in [0.717, 1.165) is 6.26 Å². The molecule has 0 aliphatic carbocycles. The van der Waals surface area contributed by atoms with Crippen molar-refractivity contribution in [2.24, 2.45) is 0 Å². The van der Waals surface area contributed by atoms with Crippen LogP contribution in [-0.2, 0) is 15.6 Å². The topological polar surface area (TPSA) is 163 Å². The number of nitrogen functional groups attached to an aromatic ring is 1. The number of aliphatic hydroxyl groups excluding tert-OH is 1. The standard InChI is InChI=1S/C15H20N8O3S/c1-27(25,26)22-8-15(9-22,2-3-16)23-7-11(14(17)21-23)12-6-13(18-4-5-24)20-10-19-12/h6-7,10,24H,2,4-5,8-9H2,1H3,(H2,17,21)(H,18,19,20). The molecular formula is C15H20N8O3S. The monoisotopic (exact) mass is 392 g/mol. The van der Waals surface area contributed by atoms with E-state index in [9.17, 15) is 13.7 Å². The summed E-state index contributed by atoms with van der Waals surface area (Å²) in [5, 5.41) is 25.3. The zero-order chi connectivity index (χ0) is 19.7. The maximum absolute atomic E-state index is 11.7. The fraction of sp³-hybridized carbons (Fsp3) is 0.467. The number of hydrogen-bond donors (Lipinski definition) is 3. The highest BCUT2D eigenvalue weighted by Crippen LogP contribution is 2.36. The van der Waals surface area contributed by atoms with Gasteiger partial charge >= 0.3 is 0 Å². The number of nitrogens with two attached hydrogens (primary N) is 1. The summed E-state index contributed by atoms with van der Waals surface area (Å²) in [5.74, 6) is 0.747. The normalized spacial score (nSPS) is 16.5. The summed E-state index contributed by atoms with van der Waals surface area (Å²) >= 11 is 0. The molecule has 0 spiro atoms. The lowest BCUT2D eigenvalue weighted by atomic mass is 9.89. The third-order valence-electron chi connectivity index (χ3n) is 4.41. The summed E-state index contributed by atoms with van der Waals surface area (Å²) in [6, 6.07) is 3.77. The molecule has 0 aromatic carbocycles. The Labute approximate surface area is 156 Å². The van der Waals surface area contributed by atoms with Crippen molar-refractivity contribution in [2.45, 2.75) is 12.0 Å². The fourth-order valence-electron chi connectivity index (χ4n) is 2.94. The number of nitriles is 1. The van der Waals surface area contributed by atoms with Gasteiger partial charge in [-0.2, -0.15) is 14.7 Å². The van der Waals surface area contributed by atoms with Crippen molar-refractivity contribution in [3.05, 3.63) is 18.6 Å². The highest BCUT2D eigenvalue weighted by atomic mass is 32.2. The summed E-state index contributed by atoms with van der Waals surface area (Å²) in [5.41, 5.74) is 6.38. The molecule has 1 aliphatic heterocycles. The van der Waals surface area contributed by atoms with Gasteiger partial charge in [0.1, 0.15) is 17.7 Å². The van der Waals surface area contributed by atoms with Crippen LogP contribution in [0.25, 0.3) is 11.3 Å². The van der Waals surface area contributed by atoms with E-state index in [-0.39, 0.29) is 31.9 Å². The van der Waals surface area contributed by atoms with Crippen LogP contribution in [0.4, 0.5) is 11.6 Å². The molecule has 0 bridgehead atoms. The van der Waals surface area contributed by atoms with Crippen molar-refractivity contribution in [1.29, 1.82) is 5.26 Å². The Hall–Kier alpha value is -2.75. The quantitative estimate of drug-likeness (QED) is 0.548. The molecule has 2 aromatic rings. The van der Waals surface area contributed by atoms with Crippen LogP contribution in [0.1, 0.15) is 6.42 Å². The van der Waals surface area contributed by atoms with Crippen molar-refractivity contribution in [3.8, 4) is 17.3 Å². The highest BCUT2D eigenvalue weighted by molar-refractivity contribution is 7.88. The molecule has 27 heavy (non-hydrogen) atoms. The molecule has 3 heterocycles. The number of sulfonamides is 1. The second-order valence-corrected chi connectivity index (χ2v) is 8.38. The molecule has 0 saturated carbocycles. The van der Waals surface area contributed by atoms with Crippen LogP contribution in [0.2, 0.25) is 0 Å². The highest BCUT2D eigenvalue weighted by Gasteiger charge is 2.49. The summed E-state index contributed by atoms with van der Waals surface area (Å²) in [7, 11) is -3.33. The van der Waals surface area contributed by atoms with E-state index in [4.69, 9.17) is 10.8 Å². The van der Waals surface area contributed by atoms with Gasteiger partial charge in [-0.05, 0) is 0 Å². The van der Waals surface area contributed by atoms with Crippen molar-refractivity contribution >= 4 is 21.7 Å². The van der Waals surface area contributed by atoms with Crippen LogP contribution in [0.15, 0.2) is 18.6 Å². The molecule has 2 aromatic heterocycles. The molecule has 0 atom stereocenters. The zero-order valence-corrected chi connectivity index (χ0v) is 15.5. The van der Waals surface area contributed by atoms with E-state index in [1.165, 1.54) is 10.6 Å². The van der Waals surface area contributed by atoms with E-state index < -0.39 is 15.6 Å². The van der Waals surface area contributed by atoms with Gasteiger partial charge in [0.25, 0.3) is 0 Å². The van der Waals surface area contributed by atoms with Gasteiger partial charge in [0, 0.05) is 31.9 Å². The number of aromatic nitrogens is 4. The predicted octanol–water partition coefficient (Wildman–Crippen LogP) is -0.789. The van der Waals surface area contributed by atoms with E-state index in [2.05, 4.69) is 26.5 Å². The first kappa shape index (κ1) is 19.0. The second kappa shape index (κ2) is 7.10. The first-order valence-electron chi connectivity index (χ1n) is 8.14. The molecule has 1 saturated heterocycles. The van der Waals surface area contributed by atoms with Gasteiger partial charge in [0.2, 0.25) is 10.0 Å². The molecule has 3 rings (SSSR count). The van der Waals surface area contributed by atoms with Gasteiger partial charge in [-0.25, -0.2) is 18.4 Å². The SMILES string of the molecule is CS(=O)(=O)N1CC(CC#N)(n2cc(-c3cc(NCCO)ncn3)c(N)n2)C1. The first-order chi connectivity index (χ1) is 12.8. The third kappa shape index (κ3) is 3.70. The smallest absolute Gasteiger partial charge is 0.211 e. The average Bonchev–Trinajstić information content (AvgIpc) is 2.97. The van der Waals surface area contributed by atoms with E-state index in [1.807, 2.05) is 0 Å². The maximum atomic E-state index is 11.7. The van der Waals surface area contributed by atoms with Crippen molar-refractivity contribution in [2.75, 3.05) is 43.5 Å². The molecular weight excluding hydrogens is 372 g/mol. The Morgan fingerprint density at radius 2 is 2.19 bits per heavy atom. The van der Waals surface area contributed by atoms with Crippen LogP contribution in [-0.4, -0.2) is 70.1 Å². The van der Waals surface area contributed by atoms with E-state index >= 15 is 0 Å². The van der Waals surface area contributed by atoms with Gasteiger partial charge in [-0.3, -0.25) is 4.68 Å². The van der Waals surface area contributed by atoms with Gasteiger partial charge < -0.3 is 16.2 Å². The molecule has 1 fully saturated rings. The number of nitrogens with zero attached hydrogens (tertiary/aromatic N) is 6. The molecule has 144 valence electrons. The number of aliphatic hydroxyl groups is 1.